The van der Waals surface area contributed by atoms with E-state index in [4.69, 9.17) is 0 Å². The van der Waals surface area contributed by atoms with Crippen LogP contribution in [0.3, 0.4) is 0 Å². The lowest BCUT2D eigenvalue weighted by Crippen LogP contribution is -1.94. The zero-order chi connectivity index (χ0) is 8.97. The summed E-state index contributed by atoms with van der Waals surface area (Å²) < 4.78 is 1.07. The summed E-state index contributed by atoms with van der Waals surface area (Å²) in [5, 5.41) is 3.83. The Morgan fingerprint density at radius 1 is 1.33 bits per heavy atom. The maximum atomic E-state index is 4.66. The predicted molar refractivity (Wildman–Crippen MR) is 53.4 cm³/mol. The van der Waals surface area contributed by atoms with Gasteiger partial charge in [0.1, 0.15) is 7.11 Å². The van der Waals surface area contributed by atoms with Crippen LogP contribution < -0.4 is 0 Å². The molecule has 0 aromatic heterocycles. The summed E-state index contributed by atoms with van der Waals surface area (Å²) in [5.74, 6) is 0. The molecule has 0 unspecified atom stereocenters. The molecule has 0 bridgehead atoms. The molecule has 0 aliphatic heterocycles. The summed E-state index contributed by atoms with van der Waals surface area (Å²) in [7, 11) is 1.54. The normalized spacial score (nSPS) is 11.4. The molecular formula is C9H10BrNO. The molecule has 1 aromatic rings. The van der Waals surface area contributed by atoms with Gasteiger partial charge in [-0.25, -0.2) is 0 Å². The highest BCUT2D eigenvalue weighted by Crippen LogP contribution is 2.11. The van der Waals surface area contributed by atoms with Crippen molar-refractivity contribution in [2.24, 2.45) is 5.16 Å². The third kappa shape index (κ3) is 2.34. The molecule has 0 saturated heterocycles. The van der Waals surface area contributed by atoms with Crippen molar-refractivity contribution >= 4 is 21.6 Å². The highest BCUT2D eigenvalue weighted by Gasteiger charge is 1.96. The minimum absolute atomic E-state index is 0.880. The lowest BCUT2D eigenvalue weighted by Gasteiger charge is -1.98. The van der Waals surface area contributed by atoms with Gasteiger partial charge in [0.05, 0.1) is 5.71 Å². The number of oxime groups is 1. The van der Waals surface area contributed by atoms with E-state index < -0.39 is 0 Å². The smallest absolute Gasteiger partial charge is 0.106 e. The average Bonchev–Trinajstić information content (AvgIpc) is 2.06. The van der Waals surface area contributed by atoms with E-state index in [1.165, 1.54) is 0 Å². The molecule has 3 heteroatoms. The number of rotatable bonds is 2. The second-order valence-electron chi connectivity index (χ2n) is 2.37. The first-order chi connectivity index (χ1) is 5.74. The number of nitrogens with zero attached hydrogens (tertiary/aromatic N) is 1. The van der Waals surface area contributed by atoms with Crippen molar-refractivity contribution in [1.29, 1.82) is 0 Å². The van der Waals surface area contributed by atoms with E-state index in [9.17, 15) is 0 Å². The number of hydrogen-bond donors (Lipinski definition) is 0. The molecule has 0 atom stereocenters. The average molecular weight is 228 g/mol. The van der Waals surface area contributed by atoms with E-state index in [2.05, 4.69) is 25.9 Å². The van der Waals surface area contributed by atoms with Crippen LogP contribution in [0.5, 0.6) is 0 Å². The van der Waals surface area contributed by atoms with Crippen molar-refractivity contribution in [3.05, 3.63) is 34.3 Å². The van der Waals surface area contributed by atoms with Crippen LogP contribution in [0, 0.1) is 0 Å². The van der Waals surface area contributed by atoms with Crippen LogP contribution in [0.25, 0.3) is 0 Å². The van der Waals surface area contributed by atoms with Gasteiger partial charge in [0, 0.05) is 4.47 Å². The molecule has 0 fully saturated rings. The van der Waals surface area contributed by atoms with Gasteiger partial charge in [0.25, 0.3) is 0 Å². The first-order valence-corrected chi connectivity index (χ1v) is 4.37. The Kier molecular flexibility index (Phi) is 3.29. The summed E-state index contributed by atoms with van der Waals surface area (Å²) in [5.41, 5.74) is 1.95. The Balaban J connectivity index is 2.89. The highest BCUT2D eigenvalue weighted by atomic mass is 79.9. The lowest BCUT2D eigenvalue weighted by atomic mass is 10.1. The quantitative estimate of drug-likeness (QED) is 0.563. The van der Waals surface area contributed by atoms with Crippen molar-refractivity contribution in [3.8, 4) is 0 Å². The molecule has 64 valence electrons. The molecule has 0 spiro atoms. The molecule has 12 heavy (non-hydrogen) atoms. The Morgan fingerprint density at radius 3 is 2.42 bits per heavy atom. The largest absolute Gasteiger partial charge is 0.399 e. The third-order valence-corrected chi connectivity index (χ3v) is 2.02. The van der Waals surface area contributed by atoms with Crippen molar-refractivity contribution in [1.82, 2.24) is 0 Å². The van der Waals surface area contributed by atoms with Gasteiger partial charge in [-0.3, -0.25) is 0 Å². The fourth-order valence-corrected chi connectivity index (χ4v) is 1.15. The van der Waals surface area contributed by atoms with Gasteiger partial charge in [-0.05, 0) is 24.6 Å². The van der Waals surface area contributed by atoms with Gasteiger partial charge in [-0.1, -0.05) is 33.2 Å². The Morgan fingerprint density at radius 2 is 1.92 bits per heavy atom. The molecule has 1 aromatic carbocycles. The first-order valence-electron chi connectivity index (χ1n) is 3.57. The number of benzene rings is 1. The van der Waals surface area contributed by atoms with E-state index in [0.29, 0.717) is 0 Å². The lowest BCUT2D eigenvalue weighted by molar-refractivity contribution is 0.213. The number of halogens is 1. The van der Waals surface area contributed by atoms with E-state index in [1.807, 2.05) is 31.2 Å². The number of hydrogen-bond acceptors (Lipinski definition) is 2. The minimum Gasteiger partial charge on any atom is -0.399 e. The fraction of sp³-hybridized carbons (Fsp3) is 0.222. The molecule has 0 aliphatic rings. The third-order valence-electron chi connectivity index (χ3n) is 1.49. The minimum atomic E-state index is 0.880. The molecule has 2 nitrogen and oxygen atoms in total. The standard InChI is InChI=1S/C9H10BrNO/c1-7(11-12-2)8-3-5-9(10)6-4-8/h3-6H,1-2H3/b11-7+. The molecule has 1 rings (SSSR count). The van der Waals surface area contributed by atoms with E-state index in [0.717, 1.165) is 15.7 Å². The first kappa shape index (κ1) is 9.26. The molecule has 0 saturated carbocycles. The molecular weight excluding hydrogens is 218 g/mol. The Labute approximate surface area is 80.4 Å². The van der Waals surface area contributed by atoms with E-state index >= 15 is 0 Å². The van der Waals surface area contributed by atoms with E-state index in [1.54, 1.807) is 7.11 Å². The van der Waals surface area contributed by atoms with Crippen LogP contribution in [0.4, 0.5) is 0 Å². The summed E-state index contributed by atoms with van der Waals surface area (Å²) in [6, 6.07) is 7.93. The summed E-state index contributed by atoms with van der Waals surface area (Å²) in [6.45, 7) is 1.91. The van der Waals surface area contributed by atoms with Crippen LogP contribution in [-0.4, -0.2) is 12.8 Å². The maximum Gasteiger partial charge on any atom is 0.106 e. The molecule has 0 N–H and O–H groups in total. The van der Waals surface area contributed by atoms with Gasteiger partial charge in [-0.2, -0.15) is 0 Å². The van der Waals surface area contributed by atoms with Gasteiger partial charge >= 0.3 is 0 Å². The van der Waals surface area contributed by atoms with Crippen LogP contribution in [-0.2, 0) is 4.84 Å². The zero-order valence-corrected chi connectivity index (χ0v) is 8.63. The maximum absolute atomic E-state index is 4.66. The molecule has 0 heterocycles. The second-order valence-corrected chi connectivity index (χ2v) is 3.28. The van der Waals surface area contributed by atoms with Crippen LogP contribution in [0.15, 0.2) is 33.9 Å². The molecule has 0 amide bonds. The molecule has 0 aliphatic carbocycles. The van der Waals surface area contributed by atoms with Crippen LogP contribution in [0.2, 0.25) is 0 Å². The fourth-order valence-electron chi connectivity index (χ4n) is 0.881. The zero-order valence-electron chi connectivity index (χ0n) is 7.04. The Bertz CT molecular complexity index is 279. The SMILES string of the molecule is CO/N=C(\C)c1ccc(Br)cc1. The van der Waals surface area contributed by atoms with Crippen molar-refractivity contribution in [2.75, 3.05) is 7.11 Å². The van der Waals surface area contributed by atoms with Crippen molar-refractivity contribution in [2.45, 2.75) is 6.92 Å². The van der Waals surface area contributed by atoms with Gasteiger partial charge < -0.3 is 4.84 Å². The molecule has 0 radical (unpaired) electrons. The van der Waals surface area contributed by atoms with Crippen molar-refractivity contribution < 1.29 is 4.84 Å². The van der Waals surface area contributed by atoms with Gasteiger partial charge in [-0.15, -0.1) is 0 Å². The summed E-state index contributed by atoms with van der Waals surface area (Å²) in [6.07, 6.45) is 0. The van der Waals surface area contributed by atoms with Crippen LogP contribution >= 0.6 is 15.9 Å². The van der Waals surface area contributed by atoms with Gasteiger partial charge in [0.15, 0.2) is 0 Å². The summed E-state index contributed by atoms with van der Waals surface area (Å²) >= 11 is 3.36. The summed E-state index contributed by atoms with van der Waals surface area (Å²) in [4.78, 5) is 4.66. The second kappa shape index (κ2) is 4.26. The predicted octanol–water partition coefficient (Wildman–Crippen LogP) is 2.82. The topological polar surface area (TPSA) is 21.6 Å². The van der Waals surface area contributed by atoms with Crippen LogP contribution in [0.1, 0.15) is 12.5 Å². The monoisotopic (exact) mass is 227 g/mol. The van der Waals surface area contributed by atoms with Crippen molar-refractivity contribution in [3.63, 3.8) is 0 Å². The van der Waals surface area contributed by atoms with E-state index in [-0.39, 0.29) is 0 Å². The Hall–Kier alpha value is -0.830. The highest BCUT2D eigenvalue weighted by molar-refractivity contribution is 9.10. The van der Waals surface area contributed by atoms with Gasteiger partial charge in [0.2, 0.25) is 0 Å².